The quantitative estimate of drug-likeness (QED) is 0.775. The molecule has 2 rings (SSSR count). The van der Waals surface area contributed by atoms with E-state index >= 15 is 0 Å². The Balaban J connectivity index is 1.92. The van der Waals surface area contributed by atoms with Crippen molar-refractivity contribution in [2.75, 3.05) is 26.8 Å². The van der Waals surface area contributed by atoms with Crippen LogP contribution in [0, 0.1) is 5.92 Å². The van der Waals surface area contributed by atoms with E-state index < -0.39 is 0 Å². The van der Waals surface area contributed by atoms with Crippen LogP contribution in [0.25, 0.3) is 0 Å². The van der Waals surface area contributed by atoms with E-state index in [1.165, 1.54) is 0 Å². The van der Waals surface area contributed by atoms with Crippen molar-refractivity contribution in [1.82, 2.24) is 5.32 Å². The van der Waals surface area contributed by atoms with Crippen molar-refractivity contribution in [3.8, 4) is 0 Å². The van der Waals surface area contributed by atoms with Crippen molar-refractivity contribution in [2.45, 2.75) is 12.3 Å². The summed E-state index contributed by atoms with van der Waals surface area (Å²) in [5.41, 5.74) is 0. The van der Waals surface area contributed by atoms with Gasteiger partial charge in [0.15, 0.2) is 0 Å². The van der Waals surface area contributed by atoms with Crippen LogP contribution < -0.4 is 5.32 Å². The molecular formula is C11H17NO2. The molecule has 3 heteroatoms. The molecule has 1 aromatic rings. The van der Waals surface area contributed by atoms with E-state index in [0.717, 1.165) is 37.9 Å². The molecule has 0 radical (unpaired) electrons. The van der Waals surface area contributed by atoms with Gasteiger partial charge < -0.3 is 14.5 Å². The van der Waals surface area contributed by atoms with Gasteiger partial charge in [-0.05, 0) is 25.6 Å². The predicted octanol–water partition coefficient (Wildman–Crippen LogP) is 1.62. The van der Waals surface area contributed by atoms with Gasteiger partial charge in [0.2, 0.25) is 0 Å². The van der Waals surface area contributed by atoms with E-state index in [1.54, 1.807) is 6.26 Å². The summed E-state index contributed by atoms with van der Waals surface area (Å²) in [5, 5.41) is 3.21. The summed E-state index contributed by atoms with van der Waals surface area (Å²) in [6.07, 6.45) is 2.91. The zero-order valence-electron chi connectivity index (χ0n) is 8.53. The molecule has 0 spiro atoms. The molecule has 1 aromatic heterocycles. The molecule has 1 saturated heterocycles. The molecule has 1 atom stereocenters. The number of nitrogens with one attached hydrogen (secondary N) is 1. The van der Waals surface area contributed by atoms with Crippen LogP contribution in [0.3, 0.4) is 0 Å². The Labute approximate surface area is 84.4 Å². The highest BCUT2D eigenvalue weighted by atomic mass is 16.5. The fraction of sp³-hybridized carbons (Fsp3) is 0.636. The molecule has 0 amide bonds. The number of ether oxygens (including phenoxy) is 1. The molecule has 1 aliphatic heterocycles. The summed E-state index contributed by atoms with van der Waals surface area (Å²) in [7, 11) is 1.98. The molecule has 0 aliphatic carbocycles. The van der Waals surface area contributed by atoms with Crippen LogP contribution >= 0.6 is 0 Å². The first-order chi connectivity index (χ1) is 6.90. The lowest BCUT2D eigenvalue weighted by Crippen LogP contribution is -2.31. The number of likely N-dealkylation sites (N-methyl/N-ethyl adjacent to an activating group) is 1. The molecule has 1 aliphatic rings. The number of hydrogen-bond donors (Lipinski definition) is 1. The van der Waals surface area contributed by atoms with Gasteiger partial charge in [-0.1, -0.05) is 0 Å². The first-order valence-electron chi connectivity index (χ1n) is 5.16. The highest BCUT2D eigenvalue weighted by molar-refractivity contribution is 5.06. The van der Waals surface area contributed by atoms with Crippen LogP contribution in [-0.2, 0) is 4.74 Å². The van der Waals surface area contributed by atoms with E-state index in [1.807, 2.05) is 13.1 Å². The monoisotopic (exact) mass is 195 g/mol. The Hall–Kier alpha value is -0.800. The lowest BCUT2D eigenvalue weighted by atomic mass is 9.91. The van der Waals surface area contributed by atoms with Crippen LogP contribution in [0.15, 0.2) is 22.8 Å². The molecule has 1 fully saturated rings. The molecule has 14 heavy (non-hydrogen) atoms. The van der Waals surface area contributed by atoms with Gasteiger partial charge in [0.25, 0.3) is 0 Å². The van der Waals surface area contributed by atoms with E-state index in [-0.39, 0.29) is 0 Å². The maximum absolute atomic E-state index is 5.44. The van der Waals surface area contributed by atoms with Gasteiger partial charge in [-0.3, -0.25) is 0 Å². The van der Waals surface area contributed by atoms with Crippen molar-refractivity contribution in [2.24, 2.45) is 5.92 Å². The zero-order valence-corrected chi connectivity index (χ0v) is 8.53. The minimum Gasteiger partial charge on any atom is -0.469 e. The molecule has 0 aromatic carbocycles. The first-order valence-corrected chi connectivity index (χ1v) is 5.16. The second-order valence-corrected chi connectivity index (χ2v) is 3.91. The highest BCUT2D eigenvalue weighted by Crippen LogP contribution is 2.27. The molecule has 0 saturated carbocycles. The minimum absolute atomic E-state index is 0.490. The van der Waals surface area contributed by atoms with Crippen molar-refractivity contribution in [3.05, 3.63) is 24.2 Å². The van der Waals surface area contributed by atoms with E-state index in [4.69, 9.17) is 9.15 Å². The van der Waals surface area contributed by atoms with Crippen molar-refractivity contribution < 1.29 is 9.15 Å². The SMILES string of the molecule is CNCC(CC1COC1)c1ccco1. The smallest absolute Gasteiger partial charge is 0.108 e. The third-order valence-electron chi connectivity index (χ3n) is 2.72. The largest absolute Gasteiger partial charge is 0.469 e. The van der Waals surface area contributed by atoms with Gasteiger partial charge in [0, 0.05) is 18.4 Å². The summed E-state index contributed by atoms with van der Waals surface area (Å²) in [5.74, 6) is 2.30. The number of rotatable bonds is 5. The van der Waals surface area contributed by atoms with E-state index in [9.17, 15) is 0 Å². The fourth-order valence-corrected chi connectivity index (χ4v) is 1.89. The third-order valence-corrected chi connectivity index (χ3v) is 2.72. The van der Waals surface area contributed by atoms with E-state index in [2.05, 4.69) is 11.4 Å². The standard InChI is InChI=1S/C11H17NO2/c1-12-6-10(5-9-7-13-8-9)11-3-2-4-14-11/h2-4,9-10,12H,5-8H2,1H3. The topological polar surface area (TPSA) is 34.4 Å². The van der Waals surface area contributed by atoms with E-state index in [0.29, 0.717) is 5.92 Å². The zero-order chi connectivity index (χ0) is 9.80. The summed E-state index contributed by atoms with van der Waals surface area (Å²) in [4.78, 5) is 0. The molecule has 1 N–H and O–H groups in total. The summed E-state index contributed by atoms with van der Waals surface area (Å²) in [6.45, 7) is 2.81. The van der Waals surface area contributed by atoms with Crippen LogP contribution in [-0.4, -0.2) is 26.8 Å². The summed E-state index contributed by atoms with van der Waals surface area (Å²) < 4.78 is 10.6. The maximum atomic E-state index is 5.44. The molecule has 1 unspecified atom stereocenters. The van der Waals surface area contributed by atoms with Gasteiger partial charge in [-0.25, -0.2) is 0 Å². The van der Waals surface area contributed by atoms with Crippen LogP contribution in [0.1, 0.15) is 18.1 Å². The Morgan fingerprint density at radius 3 is 2.93 bits per heavy atom. The molecule has 78 valence electrons. The van der Waals surface area contributed by atoms with Gasteiger partial charge in [0.1, 0.15) is 5.76 Å². The van der Waals surface area contributed by atoms with Crippen molar-refractivity contribution in [3.63, 3.8) is 0 Å². The van der Waals surface area contributed by atoms with Gasteiger partial charge >= 0.3 is 0 Å². The molecule has 0 bridgehead atoms. The Kier molecular flexibility index (Phi) is 3.22. The second-order valence-electron chi connectivity index (χ2n) is 3.91. The Morgan fingerprint density at radius 1 is 1.57 bits per heavy atom. The van der Waals surface area contributed by atoms with Gasteiger partial charge in [-0.2, -0.15) is 0 Å². The maximum Gasteiger partial charge on any atom is 0.108 e. The predicted molar refractivity (Wildman–Crippen MR) is 54.3 cm³/mol. The first kappa shape index (κ1) is 9.74. The lowest BCUT2D eigenvalue weighted by Gasteiger charge is -2.29. The average molecular weight is 195 g/mol. The third kappa shape index (κ3) is 2.16. The van der Waals surface area contributed by atoms with Crippen LogP contribution in [0.4, 0.5) is 0 Å². The van der Waals surface area contributed by atoms with Crippen LogP contribution in [0.2, 0.25) is 0 Å². The normalized spacial score (nSPS) is 19.2. The Morgan fingerprint density at radius 2 is 2.43 bits per heavy atom. The summed E-state index contributed by atoms with van der Waals surface area (Å²) >= 11 is 0. The number of hydrogen-bond acceptors (Lipinski definition) is 3. The lowest BCUT2D eigenvalue weighted by molar-refractivity contribution is -0.0391. The molecule has 3 nitrogen and oxygen atoms in total. The minimum atomic E-state index is 0.490. The average Bonchev–Trinajstić information content (AvgIpc) is 2.61. The molecule has 2 heterocycles. The fourth-order valence-electron chi connectivity index (χ4n) is 1.89. The van der Waals surface area contributed by atoms with Crippen LogP contribution in [0.5, 0.6) is 0 Å². The number of furan rings is 1. The van der Waals surface area contributed by atoms with Gasteiger partial charge in [-0.15, -0.1) is 0 Å². The highest BCUT2D eigenvalue weighted by Gasteiger charge is 2.24. The second kappa shape index (κ2) is 4.62. The van der Waals surface area contributed by atoms with Crippen molar-refractivity contribution >= 4 is 0 Å². The summed E-state index contributed by atoms with van der Waals surface area (Å²) in [6, 6.07) is 4.01. The van der Waals surface area contributed by atoms with Crippen molar-refractivity contribution in [1.29, 1.82) is 0 Å². The Bertz CT molecular complexity index is 254. The van der Waals surface area contributed by atoms with Gasteiger partial charge in [0.05, 0.1) is 19.5 Å². The molecular weight excluding hydrogens is 178 g/mol.